The molecule has 1 aliphatic rings. The van der Waals surface area contributed by atoms with Crippen molar-refractivity contribution in [3.8, 4) is 0 Å². The number of methoxy groups -OCH3 is 1. The van der Waals surface area contributed by atoms with E-state index in [1.165, 1.54) is 11.4 Å². The number of esters is 1. The van der Waals surface area contributed by atoms with Gasteiger partial charge in [0.1, 0.15) is 6.04 Å². The topological polar surface area (TPSA) is 113 Å². The summed E-state index contributed by atoms with van der Waals surface area (Å²) in [5.41, 5.74) is 0. The van der Waals surface area contributed by atoms with Gasteiger partial charge in [0, 0.05) is 19.0 Å². The molecule has 0 saturated carbocycles. The zero-order chi connectivity index (χ0) is 16.0. The van der Waals surface area contributed by atoms with Crippen LogP contribution < -0.4 is 4.72 Å². The van der Waals surface area contributed by atoms with Crippen molar-refractivity contribution in [3.05, 3.63) is 0 Å². The molecule has 0 aromatic carbocycles. The van der Waals surface area contributed by atoms with Gasteiger partial charge in [-0.25, -0.2) is 0 Å². The Labute approximate surface area is 124 Å². The number of aliphatic carboxylic acids is 1. The van der Waals surface area contributed by atoms with Crippen molar-refractivity contribution < 1.29 is 27.9 Å². The molecule has 0 amide bonds. The molecule has 1 unspecified atom stereocenters. The lowest BCUT2D eigenvalue weighted by atomic mass is 10.1. The van der Waals surface area contributed by atoms with Gasteiger partial charge in [-0.05, 0) is 26.2 Å². The molecule has 2 atom stereocenters. The van der Waals surface area contributed by atoms with Crippen LogP contribution in [0.2, 0.25) is 0 Å². The molecule has 0 radical (unpaired) electrons. The third kappa shape index (κ3) is 5.25. The van der Waals surface area contributed by atoms with Crippen LogP contribution >= 0.6 is 0 Å². The zero-order valence-corrected chi connectivity index (χ0v) is 13.1. The Balaban J connectivity index is 2.72. The van der Waals surface area contributed by atoms with Crippen LogP contribution in [0, 0.1) is 0 Å². The van der Waals surface area contributed by atoms with E-state index in [-0.39, 0.29) is 18.9 Å². The first-order valence-electron chi connectivity index (χ1n) is 6.86. The van der Waals surface area contributed by atoms with Gasteiger partial charge < -0.3 is 9.84 Å². The van der Waals surface area contributed by atoms with E-state index in [0.29, 0.717) is 6.54 Å². The van der Waals surface area contributed by atoms with Crippen LogP contribution in [0.3, 0.4) is 0 Å². The second-order valence-electron chi connectivity index (χ2n) is 5.08. The van der Waals surface area contributed by atoms with Gasteiger partial charge in [0.05, 0.1) is 7.11 Å². The standard InChI is InChI=1S/C12H22N2O6S/c1-9-5-3-4-8-14(9)21(18,19)13-10(12(16)17)6-7-11(15)20-2/h9-10,13H,3-8H2,1-2H3,(H,16,17)/t9?,10-/m0/s1. The van der Waals surface area contributed by atoms with E-state index in [2.05, 4.69) is 9.46 Å². The summed E-state index contributed by atoms with van der Waals surface area (Å²) in [5.74, 6) is -1.89. The molecule has 122 valence electrons. The molecule has 8 nitrogen and oxygen atoms in total. The van der Waals surface area contributed by atoms with E-state index in [9.17, 15) is 18.0 Å². The number of hydrogen-bond acceptors (Lipinski definition) is 5. The minimum atomic E-state index is -3.88. The second-order valence-corrected chi connectivity index (χ2v) is 6.74. The van der Waals surface area contributed by atoms with Gasteiger partial charge in [0.25, 0.3) is 10.2 Å². The predicted octanol–water partition coefficient (Wildman–Crippen LogP) is 0.102. The molecule has 9 heteroatoms. The first kappa shape index (κ1) is 17.9. The fraction of sp³-hybridized carbons (Fsp3) is 0.833. The number of ether oxygens (including phenoxy) is 1. The fourth-order valence-electron chi connectivity index (χ4n) is 2.27. The van der Waals surface area contributed by atoms with Gasteiger partial charge in [-0.1, -0.05) is 6.42 Å². The molecule has 1 fully saturated rings. The van der Waals surface area contributed by atoms with Crippen molar-refractivity contribution in [2.45, 2.75) is 51.1 Å². The molecular formula is C12H22N2O6S. The van der Waals surface area contributed by atoms with Crippen LogP contribution in [0.1, 0.15) is 39.0 Å². The highest BCUT2D eigenvalue weighted by molar-refractivity contribution is 7.87. The van der Waals surface area contributed by atoms with Gasteiger partial charge in [-0.15, -0.1) is 0 Å². The Morgan fingerprint density at radius 2 is 2.10 bits per heavy atom. The normalized spacial score (nSPS) is 21.7. The second kappa shape index (κ2) is 7.71. The maximum atomic E-state index is 12.3. The van der Waals surface area contributed by atoms with Crippen molar-refractivity contribution in [2.75, 3.05) is 13.7 Å². The molecule has 21 heavy (non-hydrogen) atoms. The molecule has 0 bridgehead atoms. The van der Waals surface area contributed by atoms with E-state index in [1.807, 2.05) is 0 Å². The third-order valence-corrected chi connectivity index (χ3v) is 5.25. The highest BCUT2D eigenvalue weighted by atomic mass is 32.2. The molecule has 1 heterocycles. The van der Waals surface area contributed by atoms with E-state index in [1.54, 1.807) is 6.92 Å². The number of nitrogens with one attached hydrogen (secondary N) is 1. The Bertz CT molecular complexity index is 478. The summed E-state index contributed by atoms with van der Waals surface area (Å²) in [6, 6.07) is -1.51. The molecule has 0 aliphatic carbocycles. The number of nitrogens with zero attached hydrogens (tertiary/aromatic N) is 1. The van der Waals surface area contributed by atoms with Crippen LogP contribution in [0.5, 0.6) is 0 Å². The minimum absolute atomic E-state index is 0.149. The van der Waals surface area contributed by atoms with Crippen LogP contribution in [0.25, 0.3) is 0 Å². The Hall–Kier alpha value is -1.19. The summed E-state index contributed by atoms with van der Waals surface area (Å²) >= 11 is 0. The Kier molecular flexibility index (Phi) is 6.56. The summed E-state index contributed by atoms with van der Waals surface area (Å²) in [6.45, 7) is 2.17. The van der Waals surface area contributed by atoms with Crippen LogP contribution in [0.15, 0.2) is 0 Å². The Morgan fingerprint density at radius 3 is 2.62 bits per heavy atom. The number of carboxylic acids is 1. The molecule has 0 spiro atoms. The van der Waals surface area contributed by atoms with E-state index in [4.69, 9.17) is 5.11 Å². The van der Waals surface area contributed by atoms with Crippen molar-refractivity contribution in [3.63, 3.8) is 0 Å². The van der Waals surface area contributed by atoms with Crippen LogP contribution in [0.4, 0.5) is 0 Å². The maximum absolute atomic E-state index is 12.3. The lowest BCUT2D eigenvalue weighted by Gasteiger charge is -2.33. The van der Waals surface area contributed by atoms with Gasteiger partial charge in [0.2, 0.25) is 0 Å². The van der Waals surface area contributed by atoms with Crippen LogP contribution in [-0.2, 0) is 24.5 Å². The average molecular weight is 322 g/mol. The molecule has 1 aliphatic heterocycles. The number of carbonyl (C=O) groups is 2. The number of carbonyl (C=O) groups excluding carboxylic acids is 1. The van der Waals surface area contributed by atoms with Crippen molar-refractivity contribution in [1.29, 1.82) is 0 Å². The van der Waals surface area contributed by atoms with E-state index < -0.39 is 28.2 Å². The van der Waals surface area contributed by atoms with Crippen LogP contribution in [-0.4, -0.2) is 55.5 Å². The Morgan fingerprint density at radius 1 is 1.43 bits per heavy atom. The summed E-state index contributed by atoms with van der Waals surface area (Å²) in [5, 5.41) is 9.09. The summed E-state index contributed by atoms with van der Waals surface area (Å²) < 4.78 is 32.4. The van der Waals surface area contributed by atoms with Gasteiger partial charge in [0.15, 0.2) is 0 Å². The largest absolute Gasteiger partial charge is 0.480 e. The maximum Gasteiger partial charge on any atom is 0.321 e. The minimum Gasteiger partial charge on any atom is -0.480 e. The monoisotopic (exact) mass is 322 g/mol. The summed E-state index contributed by atoms with van der Waals surface area (Å²) in [7, 11) is -2.69. The molecule has 1 saturated heterocycles. The number of hydrogen-bond donors (Lipinski definition) is 2. The highest BCUT2D eigenvalue weighted by Gasteiger charge is 2.33. The molecular weight excluding hydrogens is 300 g/mol. The molecule has 2 N–H and O–H groups in total. The van der Waals surface area contributed by atoms with E-state index in [0.717, 1.165) is 19.3 Å². The predicted molar refractivity (Wildman–Crippen MR) is 74.7 cm³/mol. The highest BCUT2D eigenvalue weighted by Crippen LogP contribution is 2.19. The summed E-state index contributed by atoms with van der Waals surface area (Å²) in [6.07, 6.45) is 2.15. The average Bonchev–Trinajstić information content (AvgIpc) is 2.42. The fourth-order valence-corrected chi connectivity index (χ4v) is 3.94. The van der Waals surface area contributed by atoms with E-state index >= 15 is 0 Å². The van der Waals surface area contributed by atoms with Gasteiger partial charge in [-0.2, -0.15) is 17.4 Å². The molecule has 0 aromatic heterocycles. The first-order valence-corrected chi connectivity index (χ1v) is 8.30. The third-order valence-electron chi connectivity index (χ3n) is 3.50. The smallest absolute Gasteiger partial charge is 0.321 e. The quantitative estimate of drug-likeness (QED) is 0.643. The van der Waals surface area contributed by atoms with Crippen molar-refractivity contribution >= 4 is 22.1 Å². The summed E-state index contributed by atoms with van der Waals surface area (Å²) in [4.78, 5) is 22.2. The number of carboxylic acid groups (broad SMARTS) is 1. The number of rotatable bonds is 7. The van der Waals surface area contributed by atoms with Crippen molar-refractivity contribution in [1.82, 2.24) is 9.03 Å². The van der Waals surface area contributed by atoms with Crippen molar-refractivity contribution in [2.24, 2.45) is 0 Å². The first-order chi connectivity index (χ1) is 9.77. The van der Waals surface area contributed by atoms with Gasteiger partial charge in [-0.3, -0.25) is 9.59 Å². The molecule has 0 aromatic rings. The zero-order valence-electron chi connectivity index (χ0n) is 12.2. The lowest BCUT2D eigenvalue weighted by molar-refractivity contribution is -0.142. The SMILES string of the molecule is COC(=O)CC[C@H](NS(=O)(=O)N1CCCCC1C)C(=O)O. The van der Waals surface area contributed by atoms with Gasteiger partial charge >= 0.3 is 11.9 Å². The number of piperidine rings is 1. The lowest BCUT2D eigenvalue weighted by Crippen LogP contribution is -2.52. The molecule has 1 rings (SSSR count).